The van der Waals surface area contributed by atoms with Gasteiger partial charge >= 0.3 is 0 Å². The second kappa shape index (κ2) is 12.0. The van der Waals surface area contributed by atoms with Gasteiger partial charge in [0.25, 0.3) is 0 Å². The highest BCUT2D eigenvalue weighted by Crippen LogP contribution is 2.16. The van der Waals surface area contributed by atoms with Crippen molar-refractivity contribution in [2.24, 2.45) is 0 Å². The highest BCUT2D eigenvalue weighted by molar-refractivity contribution is 5.74. The minimum Gasteiger partial charge on any atom is -0.506 e. The second-order valence-corrected chi connectivity index (χ2v) is 6.92. The highest BCUT2D eigenvalue weighted by atomic mass is 19.1. The number of aliphatic hydroxyl groups is 1. The van der Waals surface area contributed by atoms with Gasteiger partial charge in [-0.15, -0.1) is 0 Å². The molecule has 3 N–H and O–H groups in total. The maximum absolute atomic E-state index is 14.2. The van der Waals surface area contributed by atoms with Crippen molar-refractivity contribution in [1.29, 1.82) is 0 Å². The molecule has 1 aromatic heterocycles. The van der Waals surface area contributed by atoms with Crippen LogP contribution in [0.15, 0.2) is 59.8 Å². The van der Waals surface area contributed by atoms with Crippen molar-refractivity contribution in [3.8, 4) is 0 Å². The van der Waals surface area contributed by atoms with E-state index < -0.39 is 0 Å². The second-order valence-electron chi connectivity index (χ2n) is 6.92. The van der Waals surface area contributed by atoms with Crippen molar-refractivity contribution in [2.75, 3.05) is 13.1 Å². The molecule has 156 valence electrons. The lowest BCUT2D eigenvalue weighted by atomic mass is 10.1. The summed E-state index contributed by atoms with van der Waals surface area (Å²) in [4.78, 5) is 8.27. The van der Waals surface area contributed by atoms with Gasteiger partial charge in [0.05, 0.1) is 16.7 Å². The summed E-state index contributed by atoms with van der Waals surface area (Å²) in [5.74, 6) is -0.234. The van der Waals surface area contributed by atoms with E-state index in [-0.39, 0.29) is 18.1 Å². The van der Waals surface area contributed by atoms with Gasteiger partial charge in [-0.1, -0.05) is 24.6 Å². The fraction of sp³-hybridized carbons (Fsp3) is 0.391. The van der Waals surface area contributed by atoms with Crippen LogP contribution in [0, 0.1) is 5.82 Å². The SMILES string of the molecule is C1CCNC1.C\C=C(NCc1cc2nccnc2cc1F)/C(O)=C\C=C(/C)CC. The number of fused-ring (bicyclic) bond motifs is 1. The molecule has 0 spiro atoms. The molecule has 0 saturated carbocycles. The van der Waals surface area contributed by atoms with Gasteiger partial charge < -0.3 is 15.7 Å². The van der Waals surface area contributed by atoms with Gasteiger partial charge in [0, 0.05) is 30.6 Å². The molecule has 0 amide bonds. The molecule has 2 aromatic rings. The van der Waals surface area contributed by atoms with E-state index in [2.05, 4.69) is 27.5 Å². The van der Waals surface area contributed by atoms with Gasteiger partial charge in [-0.25, -0.2) is 4.39 Å². The van der Waals surface area contributed by atoms with E-state index in [4.69, 9.17) is 0 Å². The largest absolute Gasteiger partial charge is 0.506 e. The summed E-state index contributed by atoms with van der Waals surface area (Å²) >= 11 is 0. The summed E-state index contributed by atoms with van der Waals surface area (Å²) in [6, 6.07) is 3.04. The van der Waals surface area contributed by atoms with Crippen molar-refractivity contribution >= 4 is 11.0 Å². The van der Waals surface area contributed by atoms with Gasteiger partial charge in [-0.2, -0.15) is 0 Å². The van der Waals surface area contributed by atoms with Gasteiger partial charge in [0.2, 0.25) is 0 Å². The Morgan fingerprint density at radius 1 is 1.17 bits per heavy atom. The molecule has 0 aliphatic carbocycles. The molecule has 1 aliphatic heterocycles. The van der Waals surface area contributed by atoms with Crippen LogP contribution >= 0.6 is 0 Å². The molecular weight excluding hydrogens is 367 g/mol. The number of nitrogens with one attached hydrogen (secondary N) is 2. The van der Waals surface area contributed by atoms with Gasteiger partial charge in [0.1, 0.15) is 11.6 Å². The Hall–Kier alpha value is -2.73. The van der Waals surface area contributed by atoms with Crippen LogP contribution in [0.2, 0.25) is 0 Å². The molecular formula is C23H31FN4O. The average Bonchev–Trinajstić information content (AvgIpc) is 3.32. The predicted molar refractivity (Wildman–Crippen MR) is 117 cm³/mol. The van der Waals surface area contributed by atoms with E-state index in [0.717, 1.165) is 12.0 Å². The first-order valence-corrected chi connectivity index (χ1v) is 10.1. The molecule has 5 nitrogen and oxygen atoms in total. The number of allylic oxidation sites excluding steroid dienone is 4. The Morgan fingerprint density at radius 3 is 2.38 bits per heavy atom. The zero-order valence-corrected chi connectivity index (χ0v) is 17.5. The van der Waals surface area contributed by atoms with Gasteiger partial charge in [0.15, 0.2) is 0 Å². The number of nitrogens with zero attached hydrogens (tertiary/aromatic N) is 2. The Morgan fingerprint density at radius 2 is 1.83 bits per heavy atom. The van der Waals surface area contributed by atoms with Crippen molar-refractivity contribution < 1.29 is 9.50 Å². The summed E-state index contributed by atoms with van der Waals surface area (Å²) < 4.78 is 14.2. The first-order chi connectivity index (χ1) is 14.0. The van der Waals surface area contributed by atoms with Crippen LogP contribution in [0.1, 0.15) is 45.6 Å². The Bertz CT molecular complexity index is 878. The molecule has 0 radical (unpaired) electrons. The molecule has 1 saturated heterocycles. The number of aliphatic hydroxyl groups excluding tert-OH is 1. The van der Waals surface area contributed by atoms with Crippen molar-refractivity contribution in [1.82, 2.24) is 20.6 Å². The lowest BCUT2D eigenvalue weighted by Crippen LogP contribution is -2.15. The lowest BCUT2D eigenvalue weighted by molar-refractivity contribution is 0.412. The van der Waals surface area contributed by atoms with Crippen molar-refractivity contribution in [3.05, 3.63) is 71.2 Å². The Labute approximate surface area is 172 Å². The van der Waals surface area contributed by atoms with E-state index in [9.17, 15) is 9.50 Å². The van der Waals surface area contributed by atoms with Crippen molar-refractivity contribution in [2.45, 2.75) is 46.6 Å². The fourth-order valence-corrected chi connectivity index (χ4v) is 2.75. The number of hydrogen-bond acceptors (Lipinski definition) is 5. The molecule has 3 rings (SSSR count). The van der Waals surface area contributed by atoms with E-state index in [1.165, 1.54) is 38.2 Å². The summed E-state index contributed by atoms with van der Waals surface area (Å²) in [5, 5.41) is 16.4. The lowest BCUT2D eigenvalue weighted by Gasteiger charge is -2.11. The zero-order valence-electron chi connectivity index (χ0n) is 17.5. The minimum atomic E-state index is -0.351. The quantitative estimate of drug-likeness (QED) is 0.475. The van der Waals surface area contributed by atoms with Crippen molar-refractivity contribution in [3.63, 3.8) is 0 Å². The first-order valence-electron chi connectivity index (χ1n) is 10.1. The number of rotatable bonds is 6. The van der Waals surface area contributed by atoms with E-state index in [1.54, 1.807) is 24.4 Å². The molecule has 0 unspecified atom stereocenters. The number of aromatic nitrogens is 2. The maximum Gasteiger partial charge on any atom is 0.138 e. The zero-order chi connectivity index (χ0) is 21.1. The normalized spacial score (nSPS) is 15.2. The van der Waals surface area contributed by atoms with Gasteiger partial charge in [-0.3, -0.25) is 9.97 Å². The topological polar surface area (TPSA) is 70.1 Å². The van der Waals surface area contributed by atoms with E-state index in [0.29, 0.717) is 22.3 Å². The first kappa shape index (κ1) is 22.6. The standard InChI is InChI=1S/C19H22FN3O.C4H9N/c1-4-13(3)6-7-19(24)16(5-2)23-12-14-10-17-18(11-15(14)20)22-9-8-21-17;1-2-4-5-3-1/h5-11,23-24H,4,12H2,1-3H3;5H,1-4H2/b13-6+,16-5+,19-7+;. The molecule has 1 aromatic carbocycles. The molecule has 1 aliphatic rings. The molecule has 6 heteroatoms. The van der Waals surface area contributed by atoms with Crippen LogP contribution in [-0.4, -0.2) is 28.2 Å². The van der Waals surface area contributed by atoms with Crippen LogP contribution in [0.25, 0.3) is 11.0 Å². The Balaban J connectivity index is 0.000000521. The minimum absolute atomic E-state index is 0.117. The molecule has 2 heterocycles. The molecule has 1 fully saturated rings. The smallest absolute Gasteiger partial charge is 0.138 e. The molecule has 0 bridgehead atoms. The predicted octanol–water partition coefficient (Wildman–Crippen LogP) is 4.93. The third kappa shape index (κ3) is 7.31. The number of benzene rings is 1. The van der Waals surface area contributed by atoms with Crippen LogP contribution < -0.4 is 10.6 Å². The monoisotopic (exact) mass is 398 g/mol. The number of hydrogen-bond donors (Lipinski definition) is 3. The van der Waals surface area contributed by atoms with Crippen LogP contribution in [-0.2, 0) is 6.54 Å². The fourth-order valence-electron chi connectivity index (χ4n) is 2.75. The average molecular weight is 399 g/mol. The molecule has 0 atom stereocenters. The molecule has 29 heavy (non-hydrogen) atoms. The number of halogens is 1. The Kier molecular flexibility index (Phi) is 9.31. The third-order valence-corrected chi connectivity index (χ3v) is 4.71. The highest BCUT2D eigenvalue weighted by Gasteiger charge is 2.08. The summed E-state index contributed by atoms with van der Waals surface area (Å²) in [5.41, 5.74) is 3.34. The van der Waals surface area contributed by atoms with E-state index >= 15 is 0 Å². The van der Waals surface area contributed by atoms with Crippen LogP contribution in [0.5, 0.6) is 0 Å². The summed E-state index contributed by atoms with van der Waals surface area (Å²) in [6.07, 6.45) is 12.1. The van der Waals surface area contributed by atoms with Gasteiger partial charge in [-0.05, 0) is 58.3 Å². The summed E-state index contributed by atoms with van der Waals surface area (Å²) in [6.45, 7) is 8.60. The third-order valence-electron chi connectivity index (χ3n) is 4.71. The van der Waals surface area contributed by atoms with E-state index in [1.807, 2.05) is 19.9 Å². The van der Waals surface area contributed by atoms with Crippen LogP contribution in [0.3, 0.4) is 0 Å². The summed E-state index contributed by atoms with van der Waals surface area (Å²) in [7, 11) is 0. The van der Waals surface area contributed by atoms with Crippen LogP contribution in [0.4, 0.5) is 4.39 Å². The maximum atomic E-state index is 14.2.